The molecule has 0 aromatic heterocycles. The van der Waals surface area contributed by atoms with E-state index in [1.165, 1.54) is 11.1 Å². The fourth-order valence-corrected chi connectivity index (χ4v) is 0.869. The third-order valence-corrected chi connectivity index (χ3v) is 1.60. The molecule has 0 unspecified atom stereocenters. The van der Waals surface area contributed by atoms with Gasteiger partial charge in [0.05, 0.1) is 6.54 Å². The standard InChI is InChI=1S/C6H7ClN2O2/c1-9-3-4(5(7)10)2-8-6(9)11/h3H,2H2,1H3,(H,8,11). The second-order valence-electron chi connectivity index (χ2n) is 2.20. The van der Waals surface area contributed by atoms with Crippen LogP contribution in [0.15, 0.2) is 11.8 Å². The van der Waals surface area contributed by atoms with Gasteiger partial charge in [-0.1, -0.05) is 0 Å². The predicted octanol–water partition coefficient (Wildman–Crippen LogP) is 0.291. The Balaban J connectivity index is 2.79. The molecular formula is C6H7ClN2O2. The fourth-order valence-electron chi connectivity index (χ4n) is 0.754. The Morgan fingerprint density at radius 2 is 2.45 bits per heavy atom. The van der Waals surface area contributed by atoms with Crippen molar-refractivity contribution >= 4 is 22.9 Å². The quantitative estimate of drug-likeness (QED) is 0.581. The topological polar surface area (TPSA) is 49.4 Å². The van der Waals surface area contributed by atoms with Crippen LogP contribution in [0.3, 0.4) is 0 Å². The molecule has 0 saturated heterocycles. The van der Waals surface area contributed by atoms with Gasteiger partial charge in [0.15, 0.2) is 0 Å². The van der Waals surface area contributed by atoms with Crippen LogP contribution >= 0.6 is 11.6 Å². The van der Waals surface area contributed by atoms with Crippen LogP contribution in [0.5, 0.6) is 0 Å². The summed E-state index contributed by atoms with van der Waals surface area (Å²) in [5.41, 5.74) is 0.397. The Labute approximate surface area is 68.8 Å². The highest BCUT2D eigenvalue weighted by molar-refractivity contribution is 6.67. The van der Waals surface area contributed by atoms with Crippen LogP contribution in [0.1, 0.15) is 0 Å². The number of carbonyl (C=O) groups excluding carboxylic acids is 2. The Hall–Kier alpha value is -1.03. The van der Waals surface area contributed by atoms with Crippen molar-refractivity contribution in [2.45, 2.75) is 0 Å². The average Bonchev–Trinajstić information content (AvgIpc) is 1.94. The summed E-state index contributed by atoms with van der Waals surface area (Å²) in [6.45, 7) is 0.214. The molecule has 0 atom stereocenters. The van der Waals surface area contributed by atoms with Crippen LogP contribution in [0.2, 0.25) is 0 Å². The maximum Gasteiger partial charge on any atom is 0.321 e. The normalized spacial score (nSPS) is 17.5. The minimum absolute atomic E-state index is 0.214. The van der Waals surface area contributed by atoms with E-state index in [0.29, 0.717) is 5.57 Å². The highest BCUT2D eigenvalue weighted by Gasteiger charge is 2.17. The Morgan fingerprint density at radius 3 is 2.91 bits per heavy atom. The molecule has 1 heterocycles. The van der Waals surface area contributed by atoms with E-state index in [1.54, 1.807) is 7.05 Å². The predicted molar refractivity (Wildman–Crippen MR) is 40.1 cm³/mol. The zero-order valence-corrected chi connectivity index (χ0v) is 6.68. The zero-order chi connectivity index (χ0) is 8.43. The number of hydrogen-bond donors (Lipinski definition) is 1. The molecule has 1 aliphatic heterocycles. The summed E-state index contributed by atoms with van der Waals surface area (Å²) >= 11 is 5.18. The first-order chi connectivity index (χ1) is 5.11. The molecule has 1 N–H and O–H groups in total. The number of nitrogens with zero attached hydrogens (tertiary/aromatic N) is 1. The van der Waals surface area contributed by atoms with Crippen LogP contribution in [-0.4, -0.2) is 29.8 Å². The van der Waals surface area contributed by atoms with Gasteiger partial charge < -0.3 is 10.2 Å². The van der Waals surface area contributed by atoms with Crippen LogP contribution in [0, 0.1) is 0 Å². The number of carbonyl (C=O) groups is 2. The van der Waals surface area contributed by atoms with E-state index < -0.39 is 5.24 Å². The summed E-state index contributed by atoms with van der Waals surface area (Å²) in [6.07, 6.45) is 1.42. The van der Waals surface area contributed by atoms with Gasteiger partial charge in [-0.3, -0.25) is 4.79 Å². The first kappa shape index (κ1) is 8.07. The van der Waals surface area contributed by atoms with Gasteiger partial charge in [0.25, 0.3) is 5.24 Å². The van der Waals surface area contributed by atoms with E-state index in [9.17, 15) is 9.59 Å². The Bertz CT molecular complexity index is 237. The summed E-state index contributed by atoms with van der Waals surface area (Å²) < 4.78 is 0. The largest absolute Gasteiger partial charge is 0.333 e. The highest BCUT2D eigenvalue weighted by Crippen LogP contribution is 2.05. The second-order valence-corrected chi connectivity index (χ2v) is 2.54. The molecule has 1 rings (SSSR count). The summed E-state index contributed by atoms with van der Waals surface area (Å²) in [4.78, 5) is 22.6. The van der Waals surface area contributed by atoms with Crippen LogP contribution in [-0.2, 0) is 4.79 Å². The van der Waals surface area contributed by atoms with Crippen molar-refractivity contribution in [2.24, 2.45) is 0 Å². The van der Waals surface area contributed by atoms with Gasteiger partial charge in [0, 0.05) is 18.8 Å². The SMILES string of the molecule is CN1C=C(C(=O)Cl)CNC1=O. The molecule has 1 aliphatic rings. The summed E-state index contributed by atoms with van der Waals surface area (Å²) in [7, 11) is 1.55. The van der Waals surface area contributed by atoms with Crippen LogP contribution in [0.25, 0.3) is 0 Å². The van der Waals surface area contributed by atoms with E-state index in [0.717, 1.165) is 0 Å². The van der Waals surface area contributed by atoms with E-state index in [4.69, 9.17) is 11.6 Å². The van der Waals surface area contributed by atoms with E-state index >= 15 is 0 Å². The summed E-state index contributed by atoms with van der Waals surface area (Å²) in [6, 6.07) is -0.230. The lowest BCUT2D eigenvalue weighted by Gasteiger charge is -2.19. The number of hydrogen-bond acceptors (Lipinski definition) is 2. The molecule has 0 aromatic rings. The minimum atomic E-state index is -0.531. The molecule has 60 valence electrons. The molecule has 0 radical (unpaired) electrons. The molecular weight excluding hydrogens is 168 g/mol. The minimum Gasteiger partial charge on any atom is -0.333 e. The highest BCUT2D eigenvalue weighted by atomic mass is 35.5. The van der Waals surface area contributed by atoms with Crippen LogP contribution < -0.4 is 5.32 Å². The smallest absolute Gasteiger partial charge is 0.321 e. The Kier molecular flexibility index (Phi) is 2.14. The van der Waals surface area contributed by atoms with Crippen molar-refractivity contribution < 1.29 is 9.59 Å². The monoisotopic (exact) mass is 174 g/mol. The van der Waals surface area contributed by atoms with Crippen molar-refractivity contribution in [3.63, 3.8) is 0 Å². The van der Waals surface area contributed by atoms with Crippen molar-refractivity contribution in [3.05, 3.63) is 11.8 Å². The van der Waals surface area contributed by atoms with Crippen molar-refractivity contribution in [1.29, 1.82) is 0 Å². The zero-order valence-electron chi connectivity index (χ0n) is 5.93. The fraction of sp³-hybridized carbons (Fsp3) is 0.333. The van der Waals surface area contributed by atoms with Gasteiger partial charge in [-0.05, 0) is 11.6 Å². The number of rotatable bonds is 1. The van der Waals surface area contributed by atoms with Gasteiger partial charge in [0.1, 0.15) is 0 Å². The van der Waals surface area contributed by atoms with E-state index in [1.807, 2.05) is 0 Å². The molecule has 0 fully saturated rings. The van der Waals surface area contributed by atoms with E-state index in [2.05, 4.69) is 5.32 Å². The maximum absolute atomic E-state index is 10.8. The summed E-state index contributed by atoms with van der Waals surface area (Å²) in [5, 5.41) is 1.95. The first-order valence-corrected chi connectivity index (χ1v) is 3.40. The molecule has 0 aromatic carbocycles. The number of urea groups is 1. The first-order valence-electron chi connectivity index (χ1n) is 3.02. The lowest BCUT2D eigenvalue weighted by Crippen LogP contribution is -2.40. The molecule has 0 saturated carbocycles. The molecule has 2 amide bonds. The average molecular weight is 175 g/mol. The third-order valence-electron chi connectivity index (χ3n) is 1.35. The molecule has 4 nitrogen and oxygen atoms in total. The molecule has 0 spiro atoms. The van der Waals surface area contributed by atoms with Gasteiger partial charge in [-0.15, -0.1) is 0 Å². The molecule has 5 heteroatoms. The number of amides is 2. The summed E-state index contributed by atoms with van der Waals surface area (Å²) in [5.74, 6) is 0. The van der Waals surface area contributed by atoms with Gasteiger partial charge in [0.2, 0.25) is 0 Å². The van der Waals surface area contributed by atoms with Crippen molar-refractivity contribution in [2.75, 3.05) is 13.6 Å². The van der Waals surface area contributed by atoms with Gasteiger partial charge in [-0.2, -0.15) is 0 Å². The Morgan fingerprint density at radius 1 is 1.82 bits per heavy atom. The van der Waals surface area contributed by atoms with Crippen molar-refractivity contribution in [3.8, 4) is 0 Å². The maximum atomic E-state index is 10.8. The van der Waals surface area contributed by atoms with Gasteiger partial charge >= 0.3 is 6.03 Å². The molecule has 11 heavy (non-hydrogen) atoms. The lowest BCUT2D eigenvalue weighted by molar-refractivity contribution is -0.108. The lowest BCUT2D eigenvalue weighted by atomic mass is 10.3. The van der Waals surface area contributed by atoms with Crippen LogP contribution in [0.4, 0.5) is 4.79 Å². The van der Waals surface area contributed by atoms with Gasteiger partial charge in [-0.25, -0.2) is 4.79 Å². The number of halogens is 1. The molecule has 0 aliphatic carbocycles. The third kappa shape index (κ3) is 1.71. The van der Waals surface area contributed by atoms with E-state index in [-0.39, 0.29) is 12.6 Å². The molecule has 0 bridgehead atoms. The second kappa shape index (κ2) is 2.92. The van der Waals surface area contributed by atoms with Crippen molar-refractivity contribution in [1.82, 2.24) is 10.2 Å². The number of nitrogens with one attached hydrogen (secondary N) is 1.